The number of carboxylic acid groups (broad SMARTS) is 1. The minimum Gasteiger partial charge on any atom is -0.478 e. The van der Waals surface area contributed by atoms with Crippen molar-refractivity contribution in [3.05, 3.63) is 52.7 Å². The van der Waals surface area contributed by atoms with Crippen molar-refractivity contribution in [2.45, 2.75) is 24.6 Å². The van der Waals surface area contributed by atoms with E-state index >= 15 is 0 Å². The molecule has 0 unspecified atom stereocenters. The van der Waals surface area contributed by atoms with Gasteiger partial charge in [0.2, 0.25) is 0 Å². The predicted molar refractivity (Wildman–Crippen MR) is 104 cm³/mol. The Kier molecular flexibility index (Phi) is 5.19. The normalized spacial score (nSPS) is 17.1. The van der Waals surface area contributed by atoms with E-state index in [-0.39, 0.29) is 27.8 Å². The van der Waals surface area contributed by atoms with Crippen molar-refractivity contribution in [1.82, 2.24) is 19.3 Å². The fourth-order valence-electron chi connectivity index (χ4n) is 3.26. The van der Waals surface area contributed by atoms with Crippen LogP contribution in [0.25, 0.3) is 11.3 Å². The van der Waals surface area contributed by atoms with Gasteiger partial charge in [-0.3, -0.25) is 9.48 Å². The zero-order valence-electron chi connectivity index (χ0n) is 16.5. The fraction of sp³-hybridized carbons (Fsp3) is 0.263. The molecule has 1 aliphatic rings. The number of aromatic carboxylic acids is 1. The molecule has 0 radical (unpaired) electrons. The van der Waals surface area contributed by atoms with Gasteiger partial charge < -0.3 is 15.0 Å². The van der Waals surface area contributed by atoms with E-state index in [1.807, 2.05) is 0 Å². The molecule has 0 aliphatic heterocycles. The summed E-state index contributed by atoms with van der Waals surface area (Å²) in [6.45, 7) is 0. The van der Waals surface area contributed by atoms with Crippen LogP contribution in [0.15, 0.2) is 30.6 Å². The number of carbonyl (C=O) groups is 2. The number of nitrogens with one attached hydrogen (secondary N) is 1. The molecule has 1 fully saturated rings. The van der Waals surface area contributed by atoms with Crippen molar-refractivity contribution >= 4 is 29.2 Å². The van der Waals surface area contributed by atoms with Crippen LogP contribution in [0.5, 0.6) is 0 Å². The molecule has 0 saturated heterocycles. The molecule has 8 nitrogen and oxygen atoms in total. The minimum absolute atomic E-state index is 0.124. The van der Waals surface area contributed by atoms with Gasteiger partial charge in [0, 0.05) is 25.4 Å². The Hall–Kier alpha value is -3.48. The summed E-state index contributed by atoms with van der Waals surface area (Å²) < 4.78 is 68.9. The molecule has 174 valence electrons. The largest absolute Gasteiger partial charge is 0.478 e. The topological polar surface area (TPSA) is 102 Å². The second-order valence-corrected chi connectivity index (χ2v) is 7.74. The minimum atomic E-state index is -4.93. The second-order valence-electron chi connectivity index (χ2n) is 7.33. The number of carbonyl (C=O) groups excluding carboxylic acids is 1. The lowest BCUT2D eigenvalue weighted by molar-refractivity contribution is -0.141. The summed E-state index contributed by atoms with van der Waals surface area (Å²) >= 11 is 5.86. The standard InChI is InChI=1S/C19H13ClF5N5O3/c1-29-12(10-7-30(13-5-18(13,21)22)28-14(10)19(23,24)25)6-26-15(29)16(31)27-8-2-3-9(17(32)33)11(20)4-8/h2-4,6-7,13H,5H2,1H3,(H,27,31)(H,32,33)/t13-/m1/s1. The van der Waals surface area contributed by atoms with Crippen LogP contribution in [-0.4, -0.2) is 42.2 Å². The molecule has 14 heteroatoms. The first kappa shape index (κ1) is 22.7. The highest BCUT2D eigenvalue weighted by Crippen LogP contribution is 2.53. The summed E-state index contributed by atoms with van der Waals surface area (Å²) in [6.07, 6.45) is -3.69. The van der Waals surface area contributed by atoms with E-state index in [0.717, 1.165) is 17.0 Å². The average molecular weight is 490 g/mol. The maximum atomic E-state index is 13.5. The van der Waals surface area contributed by atoms with Crippen LogP contribution >= 0.6 is 11.6 Å². The van der Waals surface area contributed by atoms with Gasteiger partial charge in [0.15, 0.2) is 11.5 Å². The van der Waals surface area contributed by atoms with E-state index in [9.17, 15) is 31.5 Å². The molecule has 0 bridgehead atoms. The highest BCUT2D eigenvalue weighted by Gasteiger charge is 2.59. The van der Waals surface area contributed by atoms with Crippen molar-refractivity contribution in [2.75, 3.05) is 5.32 Å². The van der Waals surface area contributed by atoms with Crippen LogP contribution in [-0.2, 0) is 13.2 Å². The zero-order chi connectivity index (χ0) is 24.3. The Morgan fingerprint density at radius 1 is 1.30 bits per heavy atom. The van der Waals surface area contributed by atoms with Crippen molar-refractivity contribution in [3.63, 3.8) is 0 Å². The molecule has 2 heterocycles. The first-order valence-electron chi connectivity index (χ1n) is 9.20. The summed E-state index contributed by atoms with van der Waals surface area (Å²) in [5.41, 5.74) is -2.11. The van der Waals surface area contributed by atoms with Gasteiger partial charge in [-0.05, 0) is 18.2 Å². The van der Waals surface area contributed by atoms with Crippen molar-refractivity contribution in [3.8, 4) is 11.3 Å². The first-order valence-corrected chi connectivity index (χ1v) is 9.58. The Bertz CT molecular complexity index is 1280. The van der Waals surface area contributed by atoms with Crippen molar-refractivity contribution in [1.29, 1.82) is 0 Å². The number of nitrogens with zero attached hydrogens (tertiary/aromatic N) is 4. The van der Waals surface area contributed by atoms with E-state index in [4.69, 9.17) is 16.7 Å². The summed E-state index contributed by atoms with van der Waals surface area (Å²) in [4.78, 5) is 27.5. The zero-order valence-corrected chi connectivity index (χ0v) is 17.2. The molecule has 1 saturated carbocycles. The second kappa shape index (κ2) is 7.54. The van der Waals surface area contributed by atoms with E-state index in [1.165, 1.54) is 25.2 Å². The molecule has 2 N–H and O–H groups in total. The lowest BCUT2D eigenvalue weighted by atomic mass is 10.2. The van der Waals surface area contributed by atoms with Crippen LogP contribution in [0, 0.1) is 0 Å². The summed E-state index contributed by atoms with van der Waals surface area (Å²) in [7, 11) is 1.28. The summed E-state index contributed by atoms with van der Waals surface area (Å²) in [6, 6.07) is 2.16. The van der Waals surface area contributed by atoms with Crippen LogP contribution in [0.3, 0.4) is 0 Å². The van der Waals surface area contributed by atoms with Gasteiger partial charge in [0.25, 0.3) is 11.8 Å². The van der Waals surface area contributed by atoms with Crippen LogP contribution in [0.4, 0.5) is 27.6 Å². The highest BCUT2D eigenvalue weighted by molar-refractivity contribution is 6.33. The lowest BCUT2D eigenvalue weighted by Gasteiger charge is -2.09. The van der Waals surface area contributed by atoms with Crippen LogP contribution in [0.1, 0.15) is 39.1 Å². The van der Waals surface area contributed by atoms with Gasteiger partial charge in [-0.1, -0.05) is 11.6 Å². The Balaban J connectivity index is 1.65. The van der Waals surface area contributed by atoms with Gasteiger partial charge in [-0.2, -0.15) is 18.3 Å². The Morgan fingerprint density at radius 3 is 2.52 bits per heavy atom. The molecule has 3 aromatic rings. The van der Waals surface area contributed by atoms with Gasteiger partial charge >= 0.3 is 12.1 Å². The quantitative estimate of drug-likeness (QED) is 0.514. The maximum Gasteiger partial charge on any atom is 0.435 e. The Morgan fingerprint density at radius 2 is 1.97 bits per heavy atom. The molecule has 1 atom stereocenters. The van der Waals surface area contributed by atoms with E-state index in [0.29, 0.717) is 4.68 Å². The van der Waals surface area contributed by atoms with Gasteiger partial charge in [-0.15, -0.1) is 0 Å². The number of carboxylic acids is 1. The van der Waals surface area contributed by atoms with Crippen LogP contribution in [0.2, 0.25) is 5.02 Å². The maximum absolute atomic E-state index is 13.5. The summed E-state index contributed by atoms with van der Waals surface area (Å²) in [5, 5.41) is 14.6. The molecule has 1 aliphatic carbocycles. The number of amides is 1. The Labute approximate surface area is 186 Å². The highest BCUT2D eigenvalue weighted by atomic mass is 35.5. The lowest BCUT2D eigenvalue weighted by Crippen LogP contribution is -2.17. The van der Waals surface area contributed by atoms with Gasteiger partial charge in [-0.25, -0.2) is 18.6 Å². The monoisotopic (exact) mass is 489 g/mol. The number of hydrogen-bond acceptors (Lipinski definition) is 4. The number of hydrogen-bond donors (Lipinski definition) is 2. The molecule has 2 aromatic heterocycles. The number of rotatable bonds is 5. The fourth-order valence-corrected chi connectivity index (χ4v) is 3.52. The smallest absolute Gasteiger partial charge is 0.435 e. The SMILES string of the molecule is Cn1c(-c2cn([C@@H]3CC3(F)F)nc2C(F)(F)F)cnc1C(=O)Nc1ccc(C(=O)O)c(Cl)c1. The molecular weight excluding hydrogens is 477 g/mol. The number of aromatic nitrogens is 4. The first-order chi connectivity index (χ1) is 15.3. The van der Waals surface area contributed by atoms with Gasteiger partial charge in [0.1, 0.15) is 6.04 Å². The molecule has 1 aromatic carbocycles. The third-order valence-electron chi connectivity index (χ3n) is 5.04. The number of imidazole rings is 1. The average Bonchev–Trinajstić information content (AvgIpc) is 3.04. The summed E-state index contributed by atoms with van der Waals surface area (Å²) in [5.74, 6) is -5.52. The van der Waals surface area contributed by atoms with E-state index < -0.39 is 47.7 Å². The molecule has 1 amide bonds. The van der Waals surface area contributed by atoms with E-state index in [2.05, 4.69) is 15.4 Å². The molecule has 4 rings (SSSR count). The number of benzene rings is 1. The van der Waals surface area contributed by atoms with Crippen molar-refractivity contribution in [2.24, 2.45) is 7.05 Å². The third-order valence-corrected chi connectivity index (χ3v) is 5.35. The number of alkyl halides is 5. The number of anilines is 1. The van der Waals surface area contributed by atoms with E-state index in [1.54, 1.807) is 0 Å². The van der Waals surface area contributed by atoms with Crippen molar-refractivity contribution < 1.29 is 36.6 Å². The third kappa shape index (κ3) is 4.15. The molecule has 0 spiro atoms. The molecule has 33 heavy (non-hydrogen) atoms. The van der Waals surface area contributed by atoms with Crippen LogP contribution < -0.4 is 5.32 Å². The number of halogens is 6. The predicted octanol–water partition coefficient (Wildman–Crippen LogP) is 4.49. The molecular formula is C19H13ClF5N5O3. The van der Waals surface area contributed by atoms with Gasteiger partial charge in [0.05, 0.1) is 28.0 Å².